The van der Waals surface area contributed by atoms with Crippen LogP contribution in [-0.2, 0) is 4.79 Å². The van der Waals surface area contributed by atoms with Crippen LogP contribution in [0.3, 0.4) is 0 Å². The van der Waals surface area contributed by atoms with Gasteiger partial charge in [0.05, 0.1) is 28.9 Å². The van der Waals surface area contributed by atoms with Crippen molar-refractivity contribution in [3.63, 3.8) is 0 Å². The number of hydrogen-bond donors (Lipinski definition) is 1. The number of Topliss-reactive ketones (excluding diaryl/α,β-unsaturated/α-hetero) is 1. The quantitative estimate of drug-likeness (QED) is 0.412. The van der Waals surface area contributed by atoms with Gasteiger partial charge in [-0.2, -0.15) is 0 Å². The van der Waals surface area contributed by atoms with Crippen molar-refractivity contribution in [1.82, 2.24) is 4.98 Å². The number of amides is 1. The van der Waals surface area contributed by atoms with Crippen molar-refractivity contribution in [3.05, 3.63) is 88.8 Å². The minimum atomic E-state index is -0.990. The van der Waals surface area contributed by atoms with E-state index < -0.39 is 29.3 Å². The molecular weight excluding hydrogens is 447 g/mol. The molecule has 0 saturated heterocycles. The van der Waals surface area contributed by atoms with E-state index in [0.29, 0.717) is 27.3 Å². The van der Waals surface area contributed by atoms with Crippen molar-refractivity contribution in [2.75, 3.05) is 12.0 Å². The van der Waals surface area contributed by atoms with E-state index in [4.69, 9.17) is 9.15 Å². The second-order valence-corrected chi connectivity index (χ2v) is 8.47. The minimum Gasteiger partial charge on any atom is -0.503 e. The van der Waals surface area contributed by atoms with Gasteiger partial charge in [0, 0.05) is 0 Å². The molecule has 0 unspecified atom stereocenters. The van der Waals surface area contributed by atoms with Crippen molar-refractivity contribution in [2.24, 2.45) is 0 Å². The first-order valence-electron chi connectivity index (χ1n) is 9.95. The van der Waals surface area contributed by atoms with Crippen LogP contribution in [0.4, 0.5) is 9.52 Å². The van der Waals surface area contributed by atoms with Crippen molar-refractivity contribution >= 4 is 38.4 Å². The van der Waals surface area contributed by atoms with Crippen LogP contribution in [0.5, 0.6) is 5.75 Å². The normalized spacial score (nSPS) is 16.2. The average Bonchev–Trinajstić information content (AvgIpc) is 3.49. The van der Waals surface area contributed by atoms with Gasteiger partial charge in [0.2, 0.25) is 5.78 Å². The number of aliphatic hydroxyl groups is 1. The molecule has 3 heterocycles. The maximum atomic E-state index is 13.7. The summed E-state index contributed by atoms with van der Waals surface area (Å²) in [5, 5.41) is 11.0. The number of aliphatic hydroxyl groups excluding tert-OH is 1. The first kappa shape index (κ1) is 20.9. The van der Waals surface area contributed by atoms with Crippen LogP contribution in [0.25, 0.3) is 10.2 Å². The highest BCUT2D eigenvalue weighted by atomic mass is 32.1. The molecule has 2 aromatic carbocycles. The Morgan fingerprint density at radius 1 is 1.21 bits per heavy atom. The topological polar surface area (TPSA) is 92.9 Å². The van der Waals surface area contributed by atoms with Crippen molar-refractivity contribution in [3.8, 4) is 5.75 Å². The molecule has 1 atom stereocenters. The van der Waals surface area contributed by atoms with E-state index in [9.17, 15) is 19.1 Å². The highest BCUT2D eigenvalue weighted by Crippen LogP contribution is 2.44. The molecule has 5 rings (SSSR count). The van der Waals surface area contributed by atoms with Crippen LogP contribution in [0, 0.1) is 12.7 Å². The number of thiazole rings is 1. The first-order valence-corrected chi connectivity index (χ1v) is 10.8. The summed E-state index contributed by atoms with van der Waals surface area (Å²) in [5.74, 6) is -1.48. The number of halogens is 1. The number of fused-ring (bicyclic) bond motifs is 1. The molecule has 0 aliphatic carbocycles. The zero-order valence-electron chi connectivity index (χ0n) is 17.5. The number of aromatic nitrogens is 1. The van der Waals surface area contributed by atoms with Crippen molar-refractivity contribution in [1.29, 1.82) is 0 Å². The zero-order chi connectivity index (χ0) is 23.3. The Morgan fingerprint density at radius 3 is 2.76 bits per heavy atom. The fraction of sp³-hybridized carbons (Fsp3) is 0.125. The number of nitrogens with zero attached hydrogens (tertiary/aromatic N) is 2. The second-order valence-electron chi connectivity index (χ2n) is 7.46. The highest BCUT2D eigenvalue weighted by molar-refractivity contribution is 7.22. The third-order valence-corrected chi connectivity index (χ3v) is 6.39. The van der Waals surface area contributed by atoms with Crippen LogP contribution in [-0.4, -0.2) is 28.9 Å². The van der Waals surface area contributed by atoms with Crippen molar-refractivity contribution < 1.29 is 28.2 Å². The van der Waals surface area contributed by atoms with E-state index in [0.717, 1.165) is 11.3 Å². The minimum absolute atomic E-state index is 0.00275. The molecule has 9 heteroatoms. The number of anilines is 1. The molecule has 166 valence electrons. The number of carbonyl (C=O) groups is 2. The molecule has 1 amide bonds. The summed E-state index contributed by atoms with van der Waals surface area (Å²) in [6, 6.07) is 13.1. The Hall–Kier alpha value is -3.98. The Kier molecular flexibility index (Phi) is 4.98. The molecular formula is C24H17FN2O5S. The Bertz CT molecular complexity index is 1450. The number of furan rings is 1. The molecule has 0 radical (unpaired) electrons. The van der Waals surface area contributed by atoms with Gasteiger partial charge in [-0.15, -0.1) is 0 Å². The Balaban J connectivity index is 1.69. The number of aryl methyl sites for hydroxylation is 1. The number of ketones is 1. The van der Waals surface area contributed by atoms with Gasteiger partial charge in [-0.3, -0.25) is 14.5 Å². The summed E-state index contributed by atoms with van der Waals surface area (Å²) in [6.07, 6.45) is 0. The molecule has 1 aliphatic rings. The van der Waals surface area contributed by atoms with Crippen LogP contribution in [0.1, 0.15) is 27.9 Å². The molecule has 0 saturated carbocycles. The molecule has 4 aromatic rings. The lowest BCUT2D eigenvalue weighted by atomic mass is 9.95. The van der Waals surface area contributed by atoms with Gasteiger partial charge in [0.25, 0.3) is 5.91 Å². The molecule has 1 aliphatic heterocycles. The van der Waals surface area contributed by atoms with Crippen LogP contribution >= 0.6 is 11.3 Å². The number of carbonyl (C=O) groups excluding carboxylic acids is 2. The van der Waals surface area contributed by atoms with E-state index in [1.54, 1.807) is 37.3 Å². The van der Waals surface area contributed by atoms with Gasteiger partial charge in [0.1, 0.15) is 17.3 Å². The van der Waals surface area contributed by atoms with Gasteiger partial charge in [-0.25, -0.2) is 9.37 Å². The van der Waals surface area contributed by atoms with Crippen molar-refractivity contribution in [2.45, 2.75) is 13.0 Å². The average molecular weight is 464 g/mol. The zero-order valence-corrected chi connectivity index (χ0v) is 18.4. The lowest BCUT2D eigenvalue weighted by Crippen LogP contribution is -2.31. The number of hydrogen-bond acceptors (Lipinski definition) is 7. The fourth-order valence-electron chi connectivity index (χ4n) is 3.84. The summed E-state index contributed by atoms with van der Waals surface area (Å²) in [6.45, 7) is 1.69. The lowest BCUT2D eigenvalue weighted by Gasteiger charge is -2.24. The predicted molar refractivity (Wildman–Crippen MR) is 120 cm³/mol. The number of rotatable bonds is 5. The summed E-state index contributed by atoms with van der Waals surface area (Å²) in [7, 11) is 1.50. The summed E-state index contributed by atoms with van der Waals surface area (Å²) in [4.78, 5) is 32.3. The number of benzene rings is 2. The van der Waals surface area contributed by atoms with E-state index >= 15 is 0 Å². The molecule has 7 nitrogen and oxygen atoms in total. The van der Waals surface area contributed by atoms with Gasteiger partial charge in [-0.1, -0.05) is 23.5 Å². The lowest BCUT2D eigenvalue weighted by molar-refractivity contribution is -0.117. The summed E-state index contributed by atoms with van der Waals surface area (Å²) in [5.41, 5.74) is 0.895. The maximum absolute atomic E-state index is 13.7. The largest absolute Gasteiger partial charge is 0.503 e. The van der Waals surface area contributed by atoms with Gasteiger partial charge < -0.3 is 14.3 Å². The second kappa shape index (κ2) is 7.86. The van der Waals surface area contributed by atoms with E-state index in [-0.39, 0.29) is 16.5 Å². The summed E-state index contributed by atoms with van der Waals surface area (Å²) >= 11 is 1.09. The molecule has 2 aromatic heterocycles. The number of methoxy groups -OCH3 is 1. The predicted octanol–water partition coefficient (Wildman–Crippen LogP) is 5.13. The SMILES string of the molecule is COc1cccc([C@@H]2C(C(=O)c3ccc(C)o3)=C(O)C(=O)N2c2nc3ccc(F)cc3s2)c1. The molecule has 0 fully saturated rings. The van der Waals surface area contributed by atoms with Crippen LogP contribution in [0.2, 0.25) is 0 Å². The van der Waals surface area contributed by atoms with Gasteiger partial charge >= 0.3 is 0 Å². The Morgan fingerprint density at radius 2 is 2.03 bits per heavy atom. The highest BCUT2D eigenvalue weighted by Gasteiger charge is 2.46. The van der Waals surface area contributed by atoms with Gasteiger partial charge in [0.15, 0.2) is 16.7 Å². The molecule has 0 bridgehead atoms. The summed E-state index contributed by atoms with van der Waals surface area (Å²) < 4.78 is 25.0. The third kappa shape index (κ3) is 3.46. The fourth-order valence-corrected chi connectivity index (χ4v) is 4.86. The van der Waals surface area contributed by atoms with Gasteiger partial charge in [-0.05, 0) is 55.0 Å². The van der Waals surface area contributed by atoms with Crippen LogP contribution < -0.4 is 9.64 Å². The smallest absolute Gasteiger partial charge is 0.296 e. The monoisotopic (exact) mass is 464 g/mol. The third-order valence-electron chi connectivity index (χ3n) is 5.37. The van der Waals surface area contributed by atoms with E-state index in [2.05, 4.69) is 4.98 Å². The van der Waals surface area contributed by atoms with E-state index in [1.807, 2.05) is 0 Å². The molecule has 0 spiro atoms. The van der Waals surface area contributed by atoms with E-state index in [1.165, 1.54) is 36.3 Å². The molecule has 33 heavy (non-hydrogen) atoms. The standard InChI is InChI=1S/C24H17FN2O5S/c1-12-6-9-17(32-12)21(28)19-20(13-4-3-5-15(10-13)31-2)27(23(30)22(19)29)24-26-16-8-7-14(25)11-18(16)33-24/h3-11,20,29H,1-2H3/t20-/m1/s1. The van der Waals surface area contributed by atoms with Crippen LogP contribution in [0.15, 0.2) is 70.3 Å². The number of ether oxygens (including phenoxy) is 1. The Labute approximate surface area is 191 Å². The molecule has 1 N–H and O–H groups in total. The maximum Gasteiger partial charge on any atom is 0.296 e. The first-order chi connectivity index (χ1) is 15.9.